The van der Waals surface area contributed by atoms with Gasteiger partial charge in [-0.3, -0.25) is 0 Å². The third kappa shape index (κ3) is 5.49. The van der Waals surface area contributed by atoms with Crippen molar-refractivity contribution in [2.75, 3.05) is 6.61 Å². The van der Waals surface area contributed by atoms with Crippen molar-refractivity contribution in [3.63, 3.8) is 0 Å². The SMILES string of the molecule is Cc1cc(OC(=O)c2ccc(O)cc2)ccc1/C=C/C(=O)OCCC#N. The zero-order valence-electron chi connectivity index (χ0n) is 14.1. The number of phenols is 1. The van der Waals surface area contributed by atoms with Crippen molar-refractivity contribution in [2.45, 2.75) is 13.3 Å². The Morgan fingerprint density at radius 3 is 2.58 bits per heavy atom. The Hall–Kier alpha value is -3.59. The van der Waals surface area contributed by atoms with Crippen molar-refractivity contribution < 1.29 is 24.2 Å². The quantitative estimate of drug-likeness (QED) is 0.371. The van der Waals surface area contributed by atoms with Crippen molar-refractivity contribution in [1.82, 2.24) is 0 Å². The lowest BCUT2D eigenvalue weighted by molar-refractivity contribution is -0.137. The van der Waals surface area contributed by atoms with Crippen molar-refractivity contribution in [1.29, 1.82) is 5.26 Å². The number of hydrogen-bond acceptors (Lipinski definition) is 6. The van der Waals surface area contributed by atoms with Crippen LogP contribution in [0.25, 0.3) is 6.08 Å². The molecule has 0 bridgehead atoms. The van der Waals surface area contributed by atoms with E-state index in [-0.39, 0.29) is 18.8 Å². The molecule has 0 heterocycles. The maximum Gasteiger partial charge on any atom is 0.343 e. The molecular formula is C20H17NO5. The summed E-state index contributed by atoms with van der Waals surface area (Å²) in [5.74, 6) is -0.620. The van der Waals surface area contributed by atoms with E-state index < -0.39 is 11.9 Å². The summed E-state index contributed by atoms with van der Waals surface area (Å²) in [7, 11) is 0. The molecule has 0 aliphatic carbocycles. The highest BCUT2D eigenvalue weighted by Crippen LogP contribution is 2.20. The van der Waals surface area contributed by atoms with E-state index in [0.717, 1.165) is 11.1 Å². The van der Waals surface area contributed by atoms with Crippen LogP contribution in [0.15, 0.2) is 48.5 Å². The molecular weight excluding hydrogens is 334 g/mol. The van der Waals surface area contributed by atoms with Gasteiger partial charge in [0.1, 0.15) is 18.1 Å². The molecule has 2 aromatic rings. The number of nitrogens with zero attached hydrogens (tertiary/aromatic N) is 1. The zero-order chi connectivity index (χ0) is 18.9. The van der Waals surface area contributed by atoms with Crippen LogP contribution in [0.1, 0.15) is 27.9 Å². The lowest BCUT2D eigenvalue weighted by Gasteiger charge is -2.07. The van der Waals surface area contributed by atoms with Crippen LogP contribution in [0.2, 0.25) is 0 Å². The van der Waals surface area contributed by atoms with Crippen LogP contribution >= 0.6 is 0 Å². The third-order valence-electron chi connectivity index (χ3n) is 3.41. The molecule has 2 rings (SSSR count). The third-order valence-corrected chi connectivity index (χ3v) is 3.41. The molecule has 0 aliphatic rings. The van der Waals surface area contributed by atoms with Crippen LogP contribution in [0.4, 0.5) is 0 Å². The van der Waals surface area contributed by atoms with Crippen LogP contribution in [0.3, 0.4) is 0 Å². The number of ether oxygens (including phenoxy) is 2. The topological polar surface area (TPSA) is 96.6 Å². The molecule has 0 saturated heterocycles. The number of hydrogen-bond donors (Lipinski definition) is 1. The standard InChI is InChI=1S/C20H17NO5/c1-14-13-18(26-20(24)16-3-7-17(22)8-4-16)9-5-15(14)6-10-19(23)25-12-2-11-21/h3-10,13,22H,2,12H2,1H3/b10-6+. The Balaban J connectivity index is 2.00. The van der Waals surface area contributed by atoms with E-state index in [1.165, 1.54) is 30.3 Å². The molecule has 26 heavy (non-hydrogen) atoms. The van der Waals surface area contributed by atoms with Gasteiger partial charge in [-0.2, -0.15) is 5.26 Å². The minimum atomic E-state index is -0.534. The first-order valence-corrected chi connectivity index (χ1v) is 7.83. The average molecular weight is 351 g/mol. The molecule has 2 aromatic carbocycles. The van der Waals surface area contributed by atoms with E-state index in [4.69, 9.17) is 14.7 Å². The van der Waals surface area contributed by atoms with E-state index >= 15 is 0 Å². The second-order valence-corrected chi connectivity index (χ2v) is 5.36. The van der Waals surface area contributed by atoms with Gasteiger partial charge < -0.3 is 14.6 Å². The number of esters is 2. The zero-order valence-corrected chi connectivity index (χ0v) is 14.1. The maximum atomic E-state index is 12.1. The molecule has 1 N–H and O–H groups in total. The van der Waals surface area contributed by atoms with Gasteiger partial charge in [0.2, 0.25) is 0 Å². The van der Waals surface area contributed by atoms with E-state index in [1.54, 1.807) is 24.3 Å². The molecule has 0 spiro atoms. The van der Waals surface area contributed by atoms with E-state index in [9.17, 15) is 14.7 Å². The van der Waals surface area contributed by atoms with Crippen molar-refractivity contribution >= 4 is 18.0 Å². The number of aromatic hydroxyl groups is 1. The van der Waals surface area contributed by atoms with Gasteiger partial charge in [-0.05, 0) is 60.5 Å². The Kier molecular flexibility index (Phi) is 6.52. The number of carbonyl (C=O) groups excluding carboxylic acids is 2. The minimum absolute atomic E-state index is 0.0603. The van der Waals surface area contributed by atoms with Gasteiger partial charge in [0, 0.05) is 6.08 Å². The molecule has 0 aromatic heterocycles. The van der Waals surface area contributed by atoms with Gasteiger partial charge in [0.15, 0.2) is 0 Å². The fraction of sp³-hybridized carbons (Fsp3) is 0.150. The van der Waals surface area contributed by atoms with Crippen molar-refractivity contribution in [3.05, 3.63) is 65.2 Å². The summed E-state index contributed by atoms with van der Waals surface area (Å²) in [6.07, 6.45) is 3.02. The first kappa shape index (κ1) is 18.7. The lowest BCUT2D eigenvalue weighted by atomic mass is 10.1. The summed E-state index contributed by atoms with van der Waals surface area (Å²) in [6, 6.07) is 12.7. The largest absolute Gasteiger partial charge is 0.508 e. The molecule has 0 unspecified atom stereocenters. The number of aryl methyl sites for hydroxylation is 1. The van der Waals surface area contributed by atoms with Crippen molar-refractivity contribution in [3.8, 4) is 17.6 Å². The first-order chi connectivity index (χ1) is 12.5. The second kappa shape index (κ2) is 9.04. The van der Waals surface area contributed by atoms with Crippen LogP contribution in [0.5, 0.6) is 11.5 Å². The molecule has 0 atom stereocenters. The van der Waals surface area contributed by atoms with Gasteiger partial charge >= 0.3 is 11.9 Å². The van der Waals surface area contributed by atoms with Gasteiger partial charge in [0.25, 0.3) is 0 Å². The predicted octanol–water partition coefficient (Wildman–Crippen LogP) is 3.39. The van der Waals surface area contributed by atoms with Crippen LogP contribution < -0.4 is 4.74 Å². The monoisotopic (exact) mass is 351 g/mol. The predicted molar refractivity (Wildman–Crippen MR) is 94.5 cm³/mol. The summed E-state index contributed by atoms with van der Waals surface area (Å²) >= 11 is 0. The fourth-order valence-electron chi connectivity index (χ4n) is 2.07. The smallest absolute Gasteiger partial charge is 0.343 e. The van der Waals surface area contributed by atoms with E-state index in [0.29, 0.717) is 11.3 Å². The normalized spacial score (nSPS) is 10.3. The first-order valence-electron chi connectivity index (χ1n) is 7.83. The fourth-order valence-corrected chi connectivity index (χ4v) is 2.07. The number of phenolic OH excluding ortho intramolecular Hbond substituents is 1. The maximum absolute atomic E-state index is 12.1. The van der Waals surface area contributed by atoms with Gasteiger partial charge in [-0.25, -0.2) is 9.59 Å². The highest BCUT2D eigenvalue weighted by molar-refractivity contribution is 5.91. The molecule has 0 amide bonds. The van der Waals surface area contributed by atoms with Crippen molar-refractivity contribution in [2.24, 2.45) is 0 Å². The molecule has 0 radical (unpaired) electrons. The highest BCUT2D eigenvalue weighted by atomic mass is 16.5. The molecule has 0 saturated carbocycles. The molecule has 0 fully saturated rings. The molecule has 6 nitrogen and oxygen atoms in total. The Bertz CT molecular complexity index is 863. The highest BCUT2D eigenvalue weighted by Gasteiger charge is 2.09. The molecule has 6 heteroatoms. The van der Waals surface area contributed by atoms with E-state index in [2.05, 4.69) is 0 Å². The number of carbonyl (C=O) groups is 2. The van der Waals surface area contributed by atoms with Crippen LogP contribution in [-0.2, 0) is 9.53 Å². The van der Waals surface area contributed by atoms with E-state index in [1.807, 2.05) is 13.0 Å². The average Bonchev–Trinajstić information content (AvgIpc) is 2.62. The number of rotatable bonds is 6. The number of benzene rings is 2. The Labute approximate surface area is 150 Å². The van der Waals surface area contributed by atoms with Crippen LogP contribution in [-0.4, -0.2) is 23.7 Å². The Morgan fingerprint density at radius 2 is 1.92 bits per heavy atom. The second-order valence-electron chi connectivity index (χ2n) is 5.36. The molecule has 132 valence electrons. The summed E-state index contributed by atoms with van der Waals surface area (Å²) in [6.45, 7) is 1.88. The van der Waals surface area contributed by atoms with Gasteiger partial charge in [0.05, 0.1) is 18.1 Å². The number of nitriles is 1. The van der Waals surface area contributed by atoms with Gasteiger partial charge in [-0.1, -0.05) is 6.07 Å². The lowest BCUT2D eigenvalue weighted by Crippen LogP contribution is -2.08. The summed E-state index contributed by atoms with van der Waals surface area (Å²) in [5, 5.41) is 17.6. The Morgan fingerprint density at radius 1 is 1.19 bits per heavy atom. The minimum Gasteiger partial charge on any atom is -0.508 e. The summed E-state index contributed by atoms with van der Waals surface area (Å²) < 4.78 is 10.1. The molecule has 0 aliphatic heterocycles. The van der Waals surface area contributed by atoms with Crippen LogP contribution in [0, 0.1) is 18.3 Å². The summed E-state index contributed by atoms with van der Waals surface area (Å²) in [5.41, 5.74) is 1.90. The summed E-state index contributed by atoms with van der Waals surface area (Å²) in [4.78, 5) is 23.6. The van der Waals surface area contributed by atoms with Gasteiger partial charge in [-0.15, -0.1) is 0 Å².